The van der Waals surface area contributed by atoms with E-state index in [-0.39, 0.29) is 0 Å². The number of rotatable bonds is 13. The first-order valence-corrected chi connectivity index (χ1v) is 48.8. The van der Waals surface area contributed by atoms with Crippen molar-refractivity contribution < 1.29 is 0 Å². The summed E-state index contributed by atoms with van der Waals surface area (Å²) in [6.45, 7) is 0. The van der Waals surface area contributed by atoms with Gasteiger partial charge in [0, 0.05) is 98.5 Å². The highest BCUT2D eigenvalue weighted by Crippen LogP contribution is 2.47. The molecule has 6 heteroatoms. The summed E-state index contributed by atoms with van der Waals surface area (Å²) >= 11 is 0. The monoisotopic (exact) mass is 1810 g/mol. The van der Waals surface area contributed by atoms with E-state index >= 15 is 0 Å². The van der Waals surface area contributed by atoms with E-state index in [0.717, 1.165) is 5.69 Å². The van der Waals surface area contributed by atoms with Gasteiger partial charge >= 0.3 is 0 Å². The summed E-state index contributed by atoms with van der Waals surface area (Å²) in [5, 5.41) is 17.6. The maximum absolute atomic E-state index is 2.45. The number of hydrogen-bond acceptors (Lipinski definition) is 0. The third-order valence-corrected chi connectivity index (χ3v) is 28.9. The fraction of sp³-hybridized carbons (Fsp3) is 0. The van der Waals surface area contributed by atoms with E-state index in [1.165, 1.54) is 248 Å². The molecule has 29 rings (SSSR count). The Morgan fingerprint density at radius 3 is 0.620 bits per heavy atom. The van der Waals surface area contributed by atoms with Crippen LogP contribution in [-0.4, -0.2) is 27.4 Å². The molecular weight excluding hydrogens is 1720 g/mol. The highest BCUT2D eigenvalue weighted by molar-refractivity contribution is 6.18. The molecule has 0 saturated heterocycles. The molecule has 0 spiro atoms. The van der Waals surface area contributed by atoms with Crippen molar-refractivity contribution in [3.63, 3.8) is 0 Å². The van der Waals surface area contributed by atoms with Gasteiger partial charge in [-0.25, -0.2) is 0 Å². The van der Waals surface area contributed by atoms with Crippen LogP contribution >= 0.6 is 0 Å². The summed E-state index contributed by atoms with van der Waals surface area (Å²) in [6, 6.07) is 198. The van der Waals surface area contributed by atoms with E-state index in [2.05, 4.69) is 573 Å². The topological polar surface area (TPSA) is 29.6 Å². The van der Waals surface area contributed by atoms with E-state index in [1.807, 2.05) is 0 Å². The minimum Gasteiger partial charge on any atom is -0.309 e. The Labute approximate surface area is 821 Å². The molecule has 0 aliphatic heterocycles. The zero-order chi connectivity index (χ0) is 93.7. The maximum atomic E-state index is 2.45. The normalized spacial score (nSPS) is 11.7. The second-order valence-corrected chi connectivity index (χ2v) is 37.0. The average Bonchev–Trinajstić information content (AvgIpc) is 1.59. The van der Waals surface area contributed by atoms with Crippen molar-refractivity contribution in [3.8, 4) is 112 Å². The first kappa shape index (κ1) is 82.6. The smallest absolute Gasteiger partial charge is 0.0547 e. The molecule has 0 fully saturated rings. The summed E-state index contributed by atoms with van der Waals surface area (Å²) in [5.41, 5.74) is 38.7. The van der Waals surface area contributed by atoms with Gasteiger partial charge in [-0.1, -0.05) is 364 Å². The Morgan fingerprint density at radius 2 is 0.296 bits per heavy atom. The molecule has 0 aliphatic rings. The fourth-order valence-electron chi connectivity index (χ4n) is 22.4. The molecule has 23 aromatic carbocycles. The van der Waals surface area contributed by atoms with Crippen LogP contribution in [0.25, 0.3) is 254 Å². The molecule has 664 valence electrons. The Kier molecular flexibility index (Phi) is 20.2. The standard InChI is InChI=1S/C48H32N2.C46H30N2.C42H28N2/c1-4-13-33(14-5-1)34-15-12-16-35(29-34)38-23-26-42-44-31-37(25-28-47(44)50(48(42)32-38)40-19-8-3-9-20-40)36-24-27-46-43(30-36)41-21-10-11-22-45(41)49(46)39-17-6-2-7-18-39;1-3-13-31(14-4-1)35-25-28-44(37-18-8-7-17-36(35)37)48-43-22-12-10-20-39(43)41-30-33(24-27-46(41)48)32-23-26-45-40(29-32)38-19-9-11-21-42(38)47(45)34-15-5-2-6-16-34;1-4-12-29(13-5-1)32-20-23-36-38-27-31(22-25-41(38)44(42(36)28-32)34-16-8-3-9-17-34)30-21-24-40-37(26-30)35-18-10-11-19-39(35)43(40)33-14-6-2-7-15-33/h1-32H;1-30H;1-28H. The summed E-state index contributed by atoms with van der Waals surface area (Å²) < 4.78 is 14.4. The van der Waals surface area contributed by atoms with Crippen LogP contribution in [0, 0.1) is 0 Å². The van der Waals surface area contributed by atoms with Crippen LogP contribution < -0.4 is 0 Å². The van der Waals surface area contributed by atoms with Crippen molar-refractivity contribution in [3.05, 3.63) is 546 Å². The number of hydrogen-bond donors (Lipinski definition) is 0. The fourth-order valence-corrected chi connectivity index (χ4v) is 22.4. The second-order valence-electron chi connectivity index (χ2n) is 37.0. The largest absolute Gasteiger partial charge is 0.309 e. The first-order chi connectivity index (χ1) is 70.5. The molecule has 6 heterocycles. The predicted octanol–water partition coefficient (Wildman–Crippen LogP) is 36.5. The number of para-hydroxylation sites is 9. The maximum Gasteiger partial charge on any atom is 0.0547 e. The molecule has 29 aromatic rings. The Balaban J connectivity index is 0.000000107. The van der Waals surface area contributed by atoms with Gasteiger partial charge in [-0.15, -0.1) is 0 Å². The Morgan fingerprint density at radius 1 is 0.0915 bits per heavy atom. The van der Waals surface area contributed by atoms with Crippen molar-refractivity contribution in [1.82, 2.24) is 27.4 Å². The summed E-state index contributed by atoms with van der Waals surface area (Å²) in [5.74, 6) is 0. The molecule has 0 bridgehead atoms. The molecule has 0 saturated carbocycles. The highest BCUT2D eigenvalue weighted by atomic mass is 15.0. The zero-order valence-corrected chi connectivity index (χ0v) is 77.6. The predicted molar refractivity (Wildman–Crippen MR) is 601 cm³/mol. The molecule has 0 aliphatic carbocycles. The Bertz CT molecular complexity index is 9940. The molecule has 0 amide bonds. The molecule has 6 nitrogen and oxygen atoms in total. The lowest BCUT2D eigenvalue weighted by molar-refractivity contribution is 1.18. The quantitative estimate of drug-likeness (QED) is 0.110. The van der Waals surface area contributed by atoms with Crippen LogP contribution in [0.5, 0.6) is 0 Å². The van der Waals surface area contributed by atoms with E-state index < -0.39 is 0 Å². The summed E-state index contributed by atoms with van der Waals surface area (Å²) in [4.78, 5) is 0. The second kappa shape index (κ2) is 34.7. The van der Waals surface area contributed by atoms with Crippen molar-refractivity contribution in [2.45, 2.75) is 0 Å². The Hall–Kier alpha value is -18.9. The molecule has 6 aromatic heterocycles. The SMILES string of the molecule is c1ccc(-c2ccc(-n3c4ccccc4c4cc(-c5ccc6c(c5)c5ccccc5n6-c5ccccc5)ccc43)c3ccccc23)cc1.c1ccc(-c2ccc3c4cc(-c5ccc6c(c5)c5ccccc5n6-c5ccccc5)ccc4n(-c4ccccc4)c3c2)cc1.c1ccc(-c2cccc(-c3ccc4c5cc(-c6ccc7c(c6)c6ccccc6n7-c6ccccc6)ccc5n(-c5ccccc5)c4c3)c2)cc1. The van der Waals surface area contributed by atoms with Gasteiger partial charge in [-0.05, 0) is 265 Å². The van der Waals surface area contributed by atoms with Crippen LogP contribution in [0.2, 0.25) is 0 Å². The molecule has 0 unspecified atom stereocenters. The van der Waals surface area contributed by atoms with Crippen LogP contribution in [0.4, 0.5) is 0 Å². The van der Waals surface area contributed by atoms with E-state index in [4.69, 9.17) is 0 Å². The van der Waals surface area contributed by atoms with Gasteiger partial charge in [0.25, 0.3) is 0 Å². The van der Waals surface area contributed by atoms with Crippen LogP contribution in [0.3, 0.4) is 0 Å². The van der Waals surface area contributed by atoms with Gasteiger partial charge < -0.3 is 27.4 Å². The highest BCUT2D eigenvalue weighted by Gasteiger charge is 2.24. The number of fused-ring (bicyclic) bond motifs is 19. The molecule has 142 heavy (non-hydrogen) atoms. The van der Waals surface area contributed by atoms with Crippen molar-refractivity contribution in [1.29, 1.82) is 0 Å². The minimum absolute atomic E-state index is 1.16. The number of benzene rings is 23. The van der Waals surface area contributed by atoms with E-state index in [0.29, 0.717) is 0 Å². The van der Waals surface area contributed by atoms with E-state index in [9.17, 15) is 0 Å². The summed E-state index contributed by atoms with van der Waals surface area (Å²) in [7, 11) is 0. The van der Waals surface area contributed by atoms with Gasteiger partial charge in [-0.3, -0.25) is 0 Å². The number of nitrogens with zero attached hydrogens (tertiary/aromatic N) is 6. The lowest BCUT2D eigenvalue weighted by Gasteiger charge is -2.15. The van der Waals surface area contributed by atoms with E-state index in [1.54, 1.807) is 0 Å². The molecule has 0 radical (unpaired) electrons. The van der Waals surface area contributed by atoms with Crippen LogP contribution in [0.15, 0.2) is 546 Å². The average molecular weight is 1810 g/mol. The van der Waals surface area contributed by atoms with Crippen molar-refractivity contribution in [2.24, 2.45) is 0 Å². The van der Waals surface area contributed by atoms with Crippen molar-refractivity contribution >= 4 is 142 Å². The molecule has 0 N–H and O–H groups in total. The molecule has 0 atom stereocenters. The third-order valence-electron chi connectivity index (χ3n) is 28.9. The van der Waals surface area contributed by atoms with Crippen LogP contribution in [-0.2, 0) is 0 Å². The van der Waals surface area contributed by atoms with Gasteiger partial charge in [0.05, 0.1) is 71.9 Å². The lowest BCUT2D eigenvalue weighted by Crippen LogP contribution is -1.96. The van der Waals surface area contributed by atoms with Gasteiger partial charge in [0.1, 0.15) is 0 Å². The van der Waals surface area contributed by atoms with Crippen molar-refractivity contribution in [2.75, 3.05) is 0 Å². The lowest BCUT2D eigenvalue weighted by atomic mass is 9.97. The summed E-state index contributed by atoms with van der Waals surface area (Å²) in [6.07, 6.45) is 0. The van der Waals surface area contributed by atoms with Crippen LogP contribution in [0.1, 0.15) is 0 Å². The minimum atomic E-state index is 1.16. The molecular formula is C136H90N6. The first-order valence-electron chi connectivity index (χ1n) is 48.8. The van der Waals surface area contributed by atoms with Gasteiger partial charge in [-0.2, -0.15) is 0 Å². The number of aromatic nitrogens is 6. The zero-order valence-electron chi connectivity index (χ0n) is 77.6. The van der Waals surface area contributed by atoms with Gasteiger partial charge in [0.15, 0.2) is 0 Å². The van der Waals surface area contributed by atoms with Gasteiger partial charge in [0.2, 0.25) is 0 Å². The third kappa shape index (κ3) is 14.2.